The second-order valence-electron chi connectivity index (χ2n) is 6.35. The minimum atomic E-state index is -0.548. The number of hydrogen-bond donors (Lipinski definition) is 2. The Morgan fingerprint density at radius 2 is 1.87 bits per heavy atom. The Morgan fingerprint density at radius 3 is 2.57 bits per heavy atom. The summed E-state index contributed by atoms with van der Waals surface area (Å²) in [5, 5.41) is 18.3. The minimum Gasteiger partial charge on any atom is -0.350 e. The maximum Gasteiger partial charge on any atom is 0.288 e. The van der Waals surface area contributed by atoms with Gasteiger partial charge in [0.2, 0.25) is 17.8 Å². The summed E-state index contributed by atoms with van der Waals surface area (Å²) in [6.45, 7) is 0.550. The fraction of sp³-hybridized carbons (Fsp3) is 0.158. The molecule has 0 aliphatic heterocycles. The smallest absolute Gasteiger partial charge is 0.288 e. The molecule has 154 valence electrons. The van der Waals surface area contributed by atoms with Crippen LogP contribution in [0.15, 0.2) is 53.6 Å². The van der Waals surface area contributed by atoms with Crippen LogP contribution in [0.25, 0.3) is 0 Å². The first-order chi connectivity index (χ1) is 14.4. The van der Waals surface area contributed by atoms with Crippen molar-refractivity contribution in [2.75, 3.05) is 29.7 Å². The Balaban J connectivity index is 1.74. The summed E-state index contributed by atoms with van der Waals surface area (Å²) in [6.07, 6.45) is 1.42. The van der Waals surface area contributed by atoms with Crippen molar-refractivity contribution in [3.8, 4) is 0 Å². The molecule has 3 aromatic rings. The molecule has 0 saturated heterocycles. The van der Waals surface area contributed by atoms with Gasteiger partial charge in [-0.15, -0.1) is 0 Å². The van der Waals surface area contributed by atoms with Crippen LogP contribution >= 0.6 is 11.6 Å². The highest BCUT2D eigenvalue weighted by Gasteiger charge is 2.12. The summed E-state index contributed by atoms with van der Waals surface area (Å²) in [6, 6.07) is 14.2. The number of hydrogen-bond acceptors (Lipinski definition) is 9. The van der Waals surface area contributed by atoms with Crippen molar-refractivity contribution in [1.82, 2.24) is 15.0 Å². The second kappa shape index (κ2) is 9.61. The van der Waals surface area contributed by atoms with Gasteiger partial charge in [0, 0.05) is 32.3 Å². The standard InChI is InChI=1S/C19H19ClN8O2/c1-27(2)19-24-17(21-11-13-6-4-3-5-7-13)23-18(25-19)26-22-12-14-8-9-15(20)16(10-14)28(29)30/h3-10,12H,11H2,1-2H3,(H2,21,23,24,25,26)/b22-12+. The zero-order valence-electron chi connectivity index (χ0n) is 16.3. The first-order valence-electron chi connectivity index (χ1n) is 8.86. The molecule has 0 saturated carbocycles. The van der Waals surface area contributed by atoms with Crippen molar-refractivity contribution in [1.29, 1.82) is 0 Å². The lowest BCUT2D eigenvalue weighted by Gasteiger charge is -2.13. The Labute approximate surface area is 177 Å². The average Bonchev–Trinajstić information content (AvgIpc) is 2.74. The highest BCUT2D eigenvalue weighted by molar-refractivity contribution is 6.32. The Hall–Kier alpha value is -3.79. The van der Waals surface area contributed by atoms with Crippen LogP contribution in [-0.2, 0) is 6.54 Å². The van der Waals surface area contributed by atoms with Crippen molar-refractivity contribution >= 4 is 41.3 Å². The fourth-order valence-corrected chi connectivity index (χ4v) is 2.57. The predicted octanol–water partition coefficient (Wildman–Crippen LogP) is 3.56. The molecule has 0 fully saturated rings. The van der Waals surface area contributed by atoms with Crippen molar-refractivity contribution in [2.45, 2.75) is 6.54 Å². The predicted molar refractivity (Wildman–Crippen MR) is 117 cm³/mol. The van der Waals surface area contributed by atoms with Crippen molar-refractivity contribution in [2.24, 2.45) is 5.10 Å². The van der Waals surface area contributed by atoms with Crippen molar-refractivity contribution in [3.05, 3.63) is 74.8 Å². The summed E-state index contributed by atoms with van der Waals surface area (Å²) in [4.78, 5) is 25.2. The number of nitro benzene ring substituents is 1. The van der Waals surface area contributed by atoms with Gasteiger partial charge in [0.25, 0.3) is 5.69 Å². The summed E-state index contributed by atoms with van der Waals surface area (Å²) < 4.78 is 0. The van der Waals surface area contributed by atoms with Crippen molar-refractivity contribution in [3.63, 3.8) is 0 Å². The van der Waals surface area contributed by atoms with Gasteiger partial charge in [0.15, 0.2) is 0 Å². The zero-order valence-corrected chi connectivity index (χ0v) is 17.0. The molecule has 10 nitrogen and oxygen atoms in total. The van der Waals surface area contributed by atoms with E-state index in [1.54, 1.807) is 11.0 Å². The number of anilines is 3. The number of aromatic nitrogens is 3. The molecule has 0 amide bonds. The molecule has 2 N–H and O–H groups in total. The lowest BCUT2D eigenvalue weighted by atomic mass is 10.2. The van der Waals surface area contributed by atoms with Crippen LogP contribution in [-0.4, -0.2) is 40.2 Å². The first-order valence-corrected chi connectivity index (χ1v) is 9.24. The monoisotopic (exact) mass is 426 g/mol. The van der Waals surface area contributed by atoms with E-state index in [-0.39, 0.29) is 16.7 Å². The third-order valence-electron chi connectivity index (χ3n) is 3.86. The van der Waals surface area contributed by atoms with E-state index in [4.69, 9.17) is 11.6 Å². The topological polar surface area (TPSA) is 121 Å². The number of rotatable bonds is 8. The molecule has 0 aliphatic rings. The maximum atomic E-state index is 11.0. The van der Waals surface area contributed by atoms with Gasteiger partial charge >= 0.3 is 0 Å². The fourth-order valence-electron chi connectivity index (χ4n) is 2.39. The van der Waals surface area contributed by atoms with E-state index in [2.05, 4.69) is 30.8 Å². The summed E-state index contributed by atoms with van der Waals surface area (Å²) >= 11 is 5.82. The zero-order chi connectivity index (χ0) is 21.5. The van der Waals surface area contributed by atoms with Crippen LogP contribution in [0.3, 0.4) is 0 Å². The Kier molecular flexibility index (Phi) is 6.71. The molecule has 0 aliphatic carbocycles. The normalized spacial score (nSPS) is 10.8. The third kappa shape index (κ3) is 5.61. The lowest BCUT2D eigenvalue weighted by molar-refractivity contribution is -0.384. The Morgan fingerprint density at radius 1 is 1.13 bits per heavy atom. The minimum absolute atomic E-state index is 0.0623. The SMILES string of the molecule is CN(C)c1nc(NCc2ccccc2)nc(N/N=C/c2ccc(Cl)c([N+](=O)[O-])c2)n1. The number of benzene rings is 2. The number of nitrogens with one attached hydrogen (secondary N) is 2. The lowest BCUT2D eigenvalue weighted by Crippen LogP contribution is -2.16. The molecular formula is C19H19ClN8O2. The molecular weight excluding hydrogens is 408 g/mol. The first kappa shape index (κ1) is 20.9. The van der Waals surface area contributed by atoms with E-state index >= 15 is 0 Å². The number of halogens is 1. The van der Waals surface area contributed by atoms with Gasteiger partial charge in [-0.05, 0) is 11.6 Å². The van der Waals surface area contributed by atoms with E-state index in [9.17, 15) is 10.1 Å². The summed E-state index contributed by atoms with van der Waals surface area (Å²) in [7, 11) is 3.63. The summed E-state index contributed by atoms with van der Waals surface area (Å²) in [5.41, 5.74) is 4.12. The van der Waals surface area contributed by atoms with Gasteiger partial charge in [-0.1, -0.05) is 48.0 Å². The molecule has 0 unspecified atom stereocenters. The molecule has 0 bridgehead atoms. The summed E-state index contributed by atoms with van der Waals surface area (Å²) in [5.74, 6) is 1.06. The van der Waals surface area contributed by atoms with Crippen LogP contribution in [0.2, 0.25) is 5.02 Å². The molecule has 1 heterocycles. The van der Waals surface area contributed by atoms with E-state index in [1.165, 1.54) is 18.3 Å². The van der Waals surface area contributed by atoms with Crippen molar-refractivity contribution < 1.29 is 4.92 Å². The van der Waals surface area contributed by atoms with Gasteiger partial charge in [-0.25, -0.2) is 5.43 Å². The molecule has 30 heavy (non-hydrogen) atoms. The highest BCUT2D eigenvalue weighted by atomic mass is 35.5. The van der Waals surface area contributed by atoms with Crippen LogP contribution in [0.4, 0.5) is 23.5 Å². The average molecular weight is 427 g/mol. The molecule has 3 rings (SSSR count). The molecule has 2 aromatic carbocycles. The van der Waals surface area contributed by atoms with Crippen LogP contribution in [0.5, 0.6) is 0 Å². The van der Waals surface area contributed by atoms with Gasteiger partial charge in [0.05, 0.1) is 11.1 Å². The number of nitro groups is 1. The second-order valence-corrected chi connectivity index (χ2v) is 6.76. The molecule has 0 atom stereocenters. The van der Waals surface area contributed by atoms with E-state index in [0.717, 1.165) is 5.56 Å². The molecule has 1 aromatic heterocycles. The van der Waals surface area contributed by atoms with Crippen LogP contribution in [0, 0.1) is 10.1 Å². The van der Waals surface area contributed by atoms with Crippen LogP contribution < -0.4 is 15.6 Å². The van der Waals surface area contributed by atoms with Gasteiger partial charge in [-0.3, -0.25) is 10.1 Å². The number of hydrazone groups is 1. The molecule has 11 heteroatoms. The van der Waals surface area contributed by atoms with E-state index in [0.29, 0.717) is 24.0 Å². The Bertz CT molecular complexity index is 1060. The maximum absolute atomic E-state index is 11.0. The quantitative estimate of drug-likeness (QED) is 0.318. The van der Waals surface area contributed by atoms with E-state index in [1.807, 2.05) is 44.4 Å². The van der Waals surface area contributed by atoms with Gasteiger partial charge in [-0.2, -0.15) is 20.1 Å². The molecule has 0 radical (unpaired) electrons. The third-order valence-corrected chi connectivity index (χ3v) is 4.18. The van der Waals surface area contributed by atoms with Crippen LogP contribution in [0.1, 0.15) is 11.1 Å². The molecule has 0 spiro atoms. The highest BCUT2D eigenvalue weighted by Crippen LogP contribution is 2.24. The largest absolute Gasteiger partial charge is 0.350 e. The van der Waals surface area contributed by atoms with Gasteiger partial charge in [0.1, 0.15) is 5.02 Å². The van der Waals surface area contributed by atoms with E-state index < -0.39 is 4.92 Å². The van der Waals surface area contributed by atoms with Gasteiger partial charge < -0.3 is 10.2 Å². The number of nitrogens with zero attached hydrogens (tertiary/aromatic N) is 6.